The van der Waals surface area contributed by atoms with Gasteiger partial charge in [0.05, 0.1) is 29.3 Å². The van der Waals surface area contributed by atoms with E-state index < -0.39 is 0 Å². The molecule has 1 atom stereocenters. The van der Waals surface area contributed by atoms with Crippen LogP contribution in [0.4, 0.5) is 0 Å². The van der Waals surface area contributed by atoms with E-state index in [9.17, 15) is 0 Å². The van der Waals surface area contributed by atoms with E-state index in [4.69, 9.17) is 17.3 Å². The molecule has 7 nitrogen and oxygen atoms in total. The highest BCUT2D eigenvalue weighted by atomic mass is 32.1. The van der Waals surface area contributed by atoms with Gasteiger partial charge < -0.3 is 0 Å². The average Bonchev–Trinajstić information content (AvgIpc) is 3.35. The van der Waals surface area contributed by atoms with Gasteiger partial charge in [0.25, 0.3) is 0 Å². The SMILES string of the molecule is Cc1ccc(Cn2nc(C)c(-n3c([C@@H](C)n4ccc(C)n4)n[nH]c3=S)c2C)cc1. The summed E-state index contributed by atoms with van der Waals surface area (Å²) in [6.45, 7) is 10.9. The molecule has 4 rings (SSSR count). The molecule has 0 aliphatic rings. The molecule has 1 N–H and O–H groups in total. The Kier molecular flexibility index (Phi) is 4.96. The summed E-state index contributed by atoms with van der Waals surface area (Å²) in [6.07, 6.45) is 1.96. The summed E-state index contributed by atoms with van der Waals surface area (Å²) in [4.78, 5) is 0. The highest BCUT2D eigenvalue weighted by Crippen LogP contribution is 2.25. The van der Waals surface area contributed by atoms with E-state index in [2.05, 4.69) is 60.3 Å². The van der Waals surface area contributed by atoms with Crippen molar-refractivity contribution in [3.63, 3.8) is 0 Å². The van der Waals surface area contributed by atoms with Crippen molar-refractivity contribution in [1.82, 2.24) is 34.3 Å². The molecule has 0 saturated heterocycles. The fourth-order valence-corrected chi connectivity index (χ4v) is 3.83. The lowest BCUT2D eigenvalue weighted by molar-refractivity contribution is 0.524. The standard InChI is InChI=1S/C21H25N7S/c1-13-6-8-18(9-7-13)12-27-16(4)19(15(3)25-27)28-20(22-23-21(28)29)17(5)26-11-10-14(2)24-26/h6-11,17H,12H2,1-5H3,(H,23,29)/t17-/m1/s1. The van der Waals surface area contributed by atoms with Crippen LogP contribution in [0.25, 0.3) is 5.69 Å². The van der Waals surface area contributed by atoms with Gasteiger partial charge in [-0.15, -0.1) is 0 Å². The molecule has 0 aliphatic heterocycles. The zero-order valence-electron chi connectivity index (χ0n) is 17.3. The second-order valence-corrected chi connectivity index (χ2v) is 7.88. The number of rotatable bonds is 5. The molecular formula is C21H25N7S. The van der Waals surface area contributed by atoms with E-state index >= 15 is 0 Å². The van der Waals surface area contributed by atoms with Crippen LogP contribution in [-0.4, -0.2) is 34.3 Å². The molecule has 3 aromatic heterocycles. The summed E-state index contributed by atoms with van der Waals surface area (Å²) in [6, 6.07) is 10.4. The summed E-state index contributed by atoms with van der Waals surface area (Å²) in [5.74, 6) is 0.805. The van der Waals surface area contributed by atoms with E-state index in [1.807, 2.05) is 40.0 Å². The van der Waals surface area contributed by atoms with E-state index in [1.54, 1.807) is 0 Å². The minimum Gasteiger partial charge on any atom is -0.267 e. The van der Waals surface area contributed by atoms with E-state index in [1.165, 1.54) is 11.1 Å². The lowest BCUT2D eigenvalue weighted by atomic mass is 10.1. The van der Waals surface area contributed by atoms with Crippen LogP contribution in [0, 0.1) is 32.5 Å². The number of hydrogen-bond donors (Lipinski definition) is 1. The summed E-state index contributed by atoms with van der Waals surface area (Å²) in [5.41, 5.74) is 6.37. The zero-order valence-corrected chi connectivity index (χ0v) is 18.2. The Morgan fingerprint density at radius 2 is 1.76 bits per heavy atom. The van der Waals surface area contributed by atoms with Crippen LogP contribution in [0.15, 0.2) is 36.5 Å². The molecule has 150 valence electrons. The quantitative estimate of drug-likeness (QED) is 0.503. The van der Waals surface area contributed by atoms with E-state index in [0.717, 1.165) is 28.6 Å². The van der Waals surface area contributed by atoms with Crippen molar-refractivity contribution in [2.75, 3.05) is 0 Å². The largest absolute Gasteiger partial charge is 0.267 e. The Balaban J connectivity index is 1.76. The molecular weight excluding hydrogens is 382 g/mol. The van der Waals surface area contributed by atoms with Crippen molar-refractivity contribution in [3.05, 3.63) is 75.3 Å². The highest BCUT2D eigenvalue weighted by molar-refractivity contribution is 7.71. The average molecular weight is 408 g/mol. The van der Waals surface area contributed by atoms with E-state index in [-0.39, 0.29) is 6.04 Å². The Labute approximate surface area is 175 Å². The molecule has 0 radical (unpaired) electrons. The Hall–Kier alpha value is -3.00. The maximum Gasteiger partial charge on any atom is 0.200 e. The van der Waals surface area contributed by atoms with Gasteiger partial charge in [0.15, 0.2) is 10.6 Å². The van der Waals surface area contributed by atoms with Gasteiger partial charge in [-0.25, -0.2) is 0 Å². The van der Waals surface area contributed by atoms with Crippen LogP contribution in [0.2, 0.25) is 0 Å². The van der Waals surface area contributed by atoms with E-state index in [0.29, 0.717) is 11.3 Å². The molecule has 4 aromatic rings. The monoisotopic (exact) mass is 407 g/mol. The Bertz CT molecular complexity index is 1210. The predicted octanol–water partition coefficient (Wildman–Crippen LogP) is 4.21. The number of benzene rings is 1. The molecule has 1 aromatic carbocycles. The van der Waals surface area contributed by atoms with Crippen LogP contribution < -0.4 is 0 Å². The van der Waals surface area contributed by atoms with Crippen molar-refractivity contribution < 1.29 is 0 Å². The van der Waals surface area contributed by atoms with Crippen LogP contribution in [0.5, 0.6) is 0 Å². The third-order valence-electron chi connectivity index (χ3n) is 5.23. The zero-order chi connectivity index (χ0) is 20.7. The normalized spacial score (nSPS) is 12.4. The second-order valence-electron chi connectivity index (χ2n) is 7.50. The van der Waals surface area contributed by atoms with Gasteiger partial charge in [-0.2, -0.15) is 15.3 Å². The number of nitrogens with one attached hydrogen (secondary N) is 1. The first-order valence-corrected chi connectivity index (χ1v) is 10.0. The van der Waals surface area contributed by atoms with Gasteiger partial charge in [-0.3, -0.25) is 19.0 Å². The smallest absolute Gasteiger partial charge is 0.200 e. The number of nitrogens with zero attached hydrogens (tertiary/aromatic N) is 6. The van der Waals surface area contributed by atoms with Crippen molar-refractivity contribution >= 4 is 12.2 Å². The first kappa shape index (κ1) is 19.3. The number of H-pyrrole nitrogens is 1. The molecule has 0 saturated carbocycles. The Morgan fingerprint density at radius 1 is 1.03 bits per heavy atom. The fourth-order valence-electron chi connectivity index (χ4n) is 3.60. The van der Waals surface area contributed by atoms with Gasteiger partial charge in [0, 0.05) is 6.20 Å². The molecule has 0 spiro atoms. The summed E-state index contributed by atoms with van der Waals surface area (Å²) in [7, 11) is 0. The third kappa shape index (κ3) is 3.55. The molecule has 3 heterocycles. The number of aromatic amines is 1. The van der Waals surface area contributed by atoms with Crippen LogP contribution in [0.3, 0.4) is 0 Å². The van der Waals surface area contributed by atoms with Crippen molar-refractivity contribution in [2.45, 2.75) is 47.2 Å². The third-order valence-corrected chi connectivity index (χ3v) is 5.50. The minimum absolute atomic E-state index is 0.0732. The number of aryl methyl sites for hydroxylation is 3. The Morgan fingerprint density at radius 3 is 2.41 bits per heavy atom. The van der Waals surface area contributed by atoms with Crippen molar-refractivity contribution in [1.29, 1.82) is 0 Å². The number of hydrogen-bond acceptors (Lipinski definition) is 4. The lowest BCUT2D eigenvalue weighted by Crippen LogP contribution is -2.14. The second kappa shape index (κ2) is 7.44. The van der Waals surface area contributed by atoms with Gasteiger partial charge >= 0.3 is 0 Å². The van der Waals surface area contributed by atoms with Gasteiger partial charge in [-0.1, -0.05) is 29.8 Å². The first-order valence-electron chi connectivity index (χ1n) is 9.64. The van der Waals surface area contributed by atoms with Gasteiger partial charge in [0.2, 0.25) is 0 Å². The molecule has 0 fully saturated rings. The molecule has 0 bridgehead atoms. The topological polar surface area (TPSA) is 69.2 Å². The van der Waals surface area contributed by atoms with Gasteiger partial charge in [0.1, 0.15) is 6.04 Å². The van der Waals surface area contributed by atoms with Crippen LogP contribution >= 0.6 is 12.2 Å². The minimum atomic E-state index is -0.0732. The fraction of sp³-hybridized carbons (Fsp3) is 0.333. The van der Waals surface area contributed by atoms with Crippen molar-refractivity contribution in [3.8, 4) is 5.69 Å². The predicted molar refractivity (Wildman–Crippen MR) is 115 cm³/mol. The maximum atomic E-state index is 5.58. The summed E-state index contributed by atoms with van der Waals surface area (Å²) in [5, 5.41) is 16.8. The molecule has 29 heavy (non-hydrogen) atoms. The molecule has 0 aliphatic carbocycles. The molecule has 8 heteroatoms. The highest BCUT2D eigenvalue weighted by Gasteiger charge is 2.22. The number of aromatic nitrogens is 7. The lowest BCUT2D eigenvalue weighted by Gasteiger charge is -2.14. The van der Waals surface area contributed by atoms with Crippen LogP contribution in [-0.2, 0) is 6.54 Å². The maximum absolute atomic E-state index is 5.58. The van der Waals surface area contributed by atoms with Crippen LogP contribution in [0.1, 0.15) is 47.0 Å². The summed E-state index contributed by atoms with van der Waals surface area (Å²) >= 11 is 5.58. The first-order chi connectivity index (χ1) is 13.8. The molecule has 0 amide bonds. The van der Waals surface area contributed by atoms with Crippen molar-refractivity contribution in [2.24, 2.45) is 0 Å². The van der Waals surface area contributed by atoms with Gasteiger partial charge in [-0.05, 0) is 58.5 Å². The summed E-state index contributed by atoms with van der Waals surface area (Å²) < 4.78 is 6.46. The molecule has 0 unspecified atom stereocenters.